The fourth-order valence-electron chi connectivity index (χ4n) is 2.55. The summed E-state index contributed by atoms with van der Waals surface area (Å²) in [6.07, 6.45) is 1.72. The van der Waals surface area contributed by atoms with Crippen LogP contribution in [0.2, 0.25) is 0 Å². The van der Waals surface area contributed by atoms with E-state index in [-0.39, 0.29) is 5.91 Å². The first-order valence-corrected chi connectivity index (χ1v) is 6.76. The average molecular weight is 291 g/mol. The van der Waals surface area contributed by atoms with Gasteiger partial charge < -0.3 is 4.57 Å². The Bertz CT molecular complexity index is 882. The summed E-state index contributed by atoms with van der Waals surface area (Å²) in [4.78, 5) is 24.0. The first kappa shape index (κ1) is 13.8. The zero-order chi connectivity index (χ0) is 15.9. The van der Waals surface area contributed by atoms with Crippen molar-refractivity contribution in [3.63, 3.8) is 0 Å². The third kappa shape index (κ3) is 2.02. The Labute approximate surface area is 127 Å². The molecule has 0 radical (unpaired) electrons. The number of benzene rings is 1. The van der Waals surface area contributed by atoms with Crippen LogP contribution in [-0.2, 0) is 11.8 Å². The minimum absolute atomic E-state index is 0.389. The third-order valence-electron chi connectivity index (χ3n) is 3.92. The molecule has 0 atom stereocenters. The quantitative estimate of drug-likeness (QED) is 0.645. The summed E-state index contributed by atoms with van der Waals surface area (Å²) < 4.78 is 1.77. The van der Waals surface area contributed by atoms with E-state index in [1.807, 2.05) is 6.92 Å². The SMILES string of the molecule is Cc1c(/C=C2/C(=O)NC(=O)c3ccccc32)cc(C#N)n1C. The summed E-state index contributed by atoms with van der Waals surface area (Å²) in [5.41, 5.74) is 3.69. The number of aromatic nitrogens is 1. The van der Waals surface area contributed by atoms with Gasteiger partial charge in [-0.25, -0.2) is 0 Å². The molecule has 5 heteroatoms. The van der Waals surface area contributed by atoms with Crippen LogP contribution < -0.4 is 5.32 Å². The average Bonchev–Trinajstić information content (AvgIpc) is 2.79. The van der Waals surface area contributed by atoms with E-state index in [0.29, 0.717) is 22.4 Å². The van der Waals surface area contributed by atoms with Gasteiger partial charge in [0.2, 0.25) is 0 Å². The van der Waals surface area contributed by atoms with Crippen molar-refractivity contribution in [2.75, 3.05) is 0 Å². The maximum absolute atomic E-state index is 12.2. The highest BCUT2D eigenvalue weighted by Gasteiger charge is 2.26. The van der Waals surface area contributed by atoms with Crippen molar-refractivity contribution in [2.24, 2.45) is 7.05 Å². The molecule has 1 aliphatic rings. The standard InChI is InChI=1S/C17H13N3O2/c1-10-11(7-12(9-18)20(10)2)8-15-13-5-3-4-6-14(13)16(21)19-17(15)22/h3-8H,1-2H3,(H,19,21,22)/b15-8+. The van der Waals surface area contributed by atoms with E-state index in [4.69, 9.17) is 5.26 Å². The zero-order valence-electron chi connectivity index (χ0n) is 12.2. The van der Waals surface area contributed by atoms with Crippen LogP contribution >= 0.6 is 0 Å². The molecule has 0 saturated heterocycles. The summed E-state index contributed by atoms with van der Waals surface area (Å²) in [5.74, 6) is -0.814. The van der Waals surface area contributed by atoms with Gasteiger partial charge in [-0.15, -0.1) is 0 Å². The van der Waals surface area contributed by atoms with E-state index in [1.54, 1.807) is 48.0 Å². The molecule has 2 amide bonds. The Morgan fingerprint density at radius 2 is 1.86 bits per heavy atom. The summed E-state index contributed by atoms with van der Waals surface area (Å²) in [6.45, 7) is 1.88. The molecule has 0 aliphatic carbocycles. The molecule has 0 unspecified atom stereocenters. The van der Waals surface area contributed by atoms with Gasteiger partial charge in [0, 0.05) is 23.9 Å². The maximum atomic E-state index is 12.2. The Hall–Kier alpha value is -3.13. The molecule has 1 aromatic heterocycles. The Morgan fingerprint density at radius 3 is 2.50 bits per heavy atom. The Balaban J connectivity index is 2.20. The first-order valence-electron chi connectivity index (χ1n) is 6.76. The maximum Gasteiger partial charge on any atom is 0.258 e. The molecule has 5 nitrogen and oxygen atoms in total. The van der Waals surface area contributed by atoms with Gasteiger partial charge in [-0.1, -0.05) is 18.2 Å². The minimum Gasteiger partial charge on any atom is -0.339 e. The number of fused-ring (bicyclic) bond motifs is 1. The number of nitrogens with zero attached hydrogens (tertiary/aromatic N) is 2. The molecule has 0 fully saturated rings. The van der Waals surface area contributed by atoms with E-state index in [1.165, 1.54) is 0 Å². The number of imide groups is 1. The molecule has 22 heavy (non-hydrogen) atoms. The Kier molecular flexibility index (Phi) is 3.15. The molecular weight excluding hydrogens is 278 g/mol. The number of hydrogen-bond donors (Lipinski definition) is 1. The van der Waals surface area contributed by atoms with Crippen LogP contribution in [0.3, 0.4) is 0 Å². The molecule has 3 rings (SSSR count). The van der Waals surface area contributed by atoms with E-state index in [2.05, 4.69) is 11.4 Å². The highest BCUT2D eigenvalue weighted by atomic mass is 16.2. The predicted molar refractivity (Wildman–Crippen MR) is 81.7 cm³/mol. The van der Waals surface area contributed by atoms with Gasteiger partial charge in [0.15, 0.2) is 0 Å². The highest BCUT2D eigenvalue weighted by Crippen LogP contribution is 2.27. The van der Waals surface area contributed by atoms with E-state index in [0.717, 1.165) is 11.3 Å². The predicted octanol–water partition coefficient (Wildman–Crippen LogP) is 2.02. The number of nitrogens with one attached hydrogen (secondary N) is 1. The van der Waals surface area contributed by atoms with Crippen molar-refractivity contribution < 1.29 is 9.59 Å². The van der Waals surface area contributed by atoms with Crippen LogP contribution in [0.4, 0.5) is 0 Å². The summed E-state index contributed by atoms with van der Waals surface area (Å²) in [7, 11) is 1.80. The molecular formula is C17H13N3O2. The normalized spacial score (nSPS) is 15.4. The summed E-state index contributed by atoms with van der Waals surface area (Å²) in [5, 5.41) is 11.4. The van der Waals surface area contributed by atoms with Gasteiger partial charge >= 0.3 is 0 Å². The fourth-order valence-corrected chi connectivity index (χ4v) is 2.55. The molecule has 1 N–H and O–H groups in total. The van der Waals surface area contributed by atoms with Gasteiger partial charge in [-0.05, 0) is 36.3 Å². The number of nitriles is 1. The van der Waals surface area contributed by atoms with Crippen LogP contribution in [0.5, 0.6) is 0 Å². The molecule has 2 aromatic rings. The second-order valence-electron chi connectivity index (χ2n) is 5.13. The van der Waals surface area contributed by atoms with Gasteiger partial charge in [0.1, 0.15) is 11.8 Å². The van der Waals surface area contributed by atoms with Crippen LogP contribution in [0.25, 0.3) is 11.6 Å². The molecule has 1 aliphatic heterocycles. The topological polar surface area (TPSA) is 74.9 Å². The van der Waals surface area contributed by atoms with Crippen molar-refractivity contribution in [2.45, 2.75) is 6.92 Å². The number of carbonyl (C=O) groups excluding carboxylic acids is 2. The lowest BCUT2D eigenvalue weighted by atomic mass is 9.93. The van der Waals surface area contributed by atoms with Gasteiger partial charge in [-0.2, -0.15) is 5.26 Å². The number of hydrogen-bond acceptors (Lipinski definition) is 3. The lowest BCUT2D eigenvalue weighted by molar-refractivity contribution is -0.114. The van der Waals surface area contributed by atoms with Gasteiger partial charge in [0.05, 0.1) is 0 Å². The molecule has 1 aromatic carbocycles. The lowest BCUT2D eigenvalue weighted by Crippen LogP contribution is -2.36. The molecule has 108 valence electrons. The molecule has 2 heterocycles. The lowest BCUT2D eigenvalue weighted by Gasteiger charge is -2.17. The third-order valence-corrected chi connectivity index (χ3v) is 3.92. The highest BCUT2D eigenvalue weighted by molar-refractivity contribution is 6.34. The van der Waals surface area contributed by atoms with Crippen molar-refractivity contribution in [3.8, 4) is 6.07 Å². The van der Waals surface area contributed by atoms with E-state index >= 15 is 0 Å². The summed E-state index contributed by atoms with van der Waals surface area (Å²) in [6, 6.07) is 10.8. The fraction of sp³-hybridized carbons (Fsp3) is 0.118. The second kappa shape index (κ2) is 5.01. The zero-order valence-corrected chi connectivity index (χ0v) is 12.2. The first-order chi connectivity index (χ1) is 10.5. The van der Waals surface area contributed by atoms with Crippen molar-refractivity contribution in [1.29, 1.82) is 5.26 Å². The van der Waals surface area contributed by atoms with Crippen LogP contribution in [0.15, 0.2) is 30.3 Å². The van der Waals surface area contributed by atoms with E-state index in [9.17, 15) is 9.59 Å². The second-order valence-corrected chi connectivity index (χ2v) is 5.13. The molecule has 0 bridgehead atoms. The number of amides is 2. The van der Waals surface area contributed by atoms with E-state index < -0.39 is 5.91 Å². The van der Waals surface area contributed by atoms with Crippen LogP contribution in [0.1, 0.15) is 32.9 Å². The van der Waals surface area contributed by atoms with Crippen LogP contribution in [0, 0.1) is 18.3 Å². The molecule has 0 saturated carbocycles. The monoisotopic (exact) mass is 291 g/mol. The van der Waals surface area contributed by atoms with Gasteiger partial charge in [0.25, 0.3) is 11.8 Å². The number of rotatable bonds is 1. The largest absolute Gasteiger partial charge is 0.339 e. The van der Waals surface area contributed by atoms with Crippen molar-refractivity contribution in [3.05, 3.63) is 58.4 Å². The van der Waals surface area contributed by atoms with Gasteiger partial charge in [-0.3, -0.25) is 14.9 Å². The number of carbonyl (C=O) groups is 2. The van der Waals surface area contributed by atoms with Crippen molar-refractivity contribution in [1.82, 2.24) is 9.88 Å². The van der Waals surface area contributed by atoms with Crippen molar-refractivity contribution >= 4 is 23.5 Å². The van der Waals surface area contributed by atoms with Crippen LogP contribution in [-0.4, -0.2) is 16.4 Å². The minimum atomic E-state index is -0.425. The Morgan fingerprint density at radius 1 is 1.18 bits per heavy atom. The smallest absolute Gasteiger partial charge is 0.258 e. The molecule has 0 spiro atoms. The summed E-state index contributed by atoms with van der Waals surface area (Å²) >= 11 is 0.